The lowest BCUT2D eigenvalue weighted by molar-refractivity contribution is -0.151. The van der Waals surface area contributed by atoms with Crippen molar-refractivity contribution in [1.29, 1.82) is 0 Å². The van der Waals surface area contributed by atoms with Crippen LogP contribution in [0.3, 0.4) is 0 Å². The molecule has 4 saturated carbocycles. The minimum Gasteiger partial charge on any atom is -0.344 e. The van der Waals surface area contributed by atoms with Gasteiger partial charge in [-0.05, 0) is 62.2 Å². The molecular formula is C22H35N3O3. The van der Waals surface area contributed by atoms with Crippen molar-refractivity contribution < 1.29 is 14.4 Å². The third kappa shape index (κ3) is 3.55. The van der Waals surface area contributed by atoms with Crippen molar-refractivity contribution in [2.45, 2.75) is 65.3 Å². The Hall–Kier alpha value is -1.59. The molecule has 28 heavy (non-hydrogen) atoms. The largest absolute Gasteiger partial charge is 0.344 e. The summed E-state index contributed by atoms with van der Waals surface area (Å²) in [6.45, 7) is 7.84. The van der Waals surface area contributed by atoms with Crippen molar-refractivity contribution in [2.24, 2.45) is 29.1 Å². The number of piperazine rings is 1. The van der Waals surface area contributed by atoms with Crippen LogP contribution in [0.15, 0.2) is 0 Å². The van der Waals surface area contributed by atoms with E-state index in [0.29, 0.717) is 43.9 Å². The summed E-state index contributed by atoms with van der Waals surface area (Å²) < 4.78 is 0. The molecule has 0 spiro atoms. The summed E-state index contributed by atoms with van der Waals surface area (Å²) in [5, 5.41) is 3.19. The first-order chi connectivity index (χ1) is 13.3. The van der Waals surface area contributed by atoms with Gasteiger partial charge in [-0.15, -0.1) is 0 Å². The molecule has 4 aliphatic carbocycles. The van der Waals surface area contributed by atoms with E-state index < -0.39 is 6.04 Å². The fraction of sp³-hybridized carbons (Fsp3) is 0.864. The summed E-state index contributed by atoms with van der Waals surface area (Å²) in [6.07, 6.45) is 6.96. The van der Waals surface area contributed by atoms with Gasteiger partial charge >= 0.3 is 0 Å². The Morgan fingerprint density at radius 3 is 1.75 bits per heavy atom. The molecule has 1 N–H and O–H groups in total. The number of carbonyl (C=O) groups excluding carboxylic acids is 3. The molecule has 6 nitrogen and oxygen atoms in total. The van der Waals surface area contributed by atoms with E-state index in [0.717, 1.165) is 19.3 Å². The van der Waals surface area contributed by atoms with Crippen molar-refractivity contribution in [1.82, 2.24) is 15.1 Å². The second-order valence-electron chi connectivity index (χ2n) is 10.2. The first kappa shape index (κ1) is 19.7. The standard InChI is InChI=1S/C22H35N3O3/c1-14(2)19(20(27)25-6-4-24(5-7-25)15(3)26)23-21(28)22-11-16-8-17(12-22)10-18(9-16)13-22/h14,16-19H,4-13H2,1-3H3,(H,23,28)/t16?,17?,18?,19-,22?/m1/s1. The Balaban J connectivity index is 1.42. The number of hydrogen-bond acceptors (Lipinski definition) is 3. The lowest BCUT2D eigenvalue weighted by Crippen LogP contribution is -2.60. The van der Waals surface area contributed by atoms with E-state index in [1.54, 1.807) is 11.8 Å². The van der Waals surface area contributed by atoms with Gasteiger partial charge in [0.25, 0.3) is 0 Å². The highest BCUT2D eigenvalue weighted by Crippen LogP contribution is 2.60. The Morgan fingerprint density at radius 1 is 0.857 bits per heavy atom. The molecule has 0 unspecified atom stereocenters. The number of hydrogen-bond donors (Lipinski definition) is 1. The third-order valence-electron chi connectivity index (χ3n) is 7.78. The molecule has 3 amide bonds. The minimum atomic E-state index is -0.468. The summed E-state index contributed by atoms with van der Waals surface area (Å²) in [5.41, 5.74) is -0.227. The summed E-state index contributed by atoms with van der Waals surface area (Å²) in [5.74, 6) is 2.38. The molecule has 0 radical (unpaired) electrons. The van der Waals surface area contributed by atoms with Crippen LogP contribution in [0.25, 0.3) is 0 Å². The molecule has 5 aliphatic rings. The van der Waals surface area contributed by atoms with E-state index in [9.17, 15) is 14.4 Å². The smallest absolute Gasteiger partial charge is 0.245 e. The van der Waals surface area contributed by atoms with Gasteiger partial charge in [0.05, 0.1) is 0 Å². The first-order valence-corrected chi connectivity index (χ1v) is 11.1. The maximum absolute atomic E-state index is 13.4. The second-order valence-corrected chi connectivity index (χ2v) is 10.2. The molecule has 1 heterocycles. The van der Waals surface area contributed by atoms with Gasteiger partial charge in [-0.1, -0.05) is 13.8 Å². The van der Waals surface area contributed by atoms with Crippen LogP contribution in [0, 0.1) is 29.1 Å². The minimum absolute atomic E-state index is 0.0104. The van der Waals surface area contributed by atoms with Crippen LogP contribution in [0.5, 0.6) is 0 Å². The molecule has 0 aromatic heterocycles. The van der Waals surface area contributed by atoms with Crippen LogP contribution >= 0.6 is 0 Å². The van der Waals surface area contributed by atoms with Gasteiger partial charge in [0.2, 0.25) is 17.7 Å². The zero-order valence-electron chi connectivity index (χ0n) is 17.6. The molecule has 5 rings (SSSR count). The fourth-order valence-electron chi connectivity index (χ4n) is 6.64. The predicted molar refractivity (Wildman–Crippen MR) is 106 cm³/mol. The maximum atomic E-state index is 13.4. The fourth-order valence-corrected chi connectivity index (χ4v) is 6.64. The lowest BCUT2D eigenvalue weighted by atomic mass is 9.49. The van der Waals surface area contributed by atoms with Gasteiger partial charge in [-0.25, -0.2) is 0 Å². The topological polar surface area (TPSA) is 69.7 Å². The van der Waals surface area contributed by atoms with Crippen LogP contribution in [-0.2, 0) is 14.4 Å². The van der Waals surface area contributed by atoms with Gasteiger partial charge < -0.3 is 15.1 Å². The highest BCUT2D eigenvalue weighted by Gasteiger charge is 2.55. The van der Waals surface area contributed by atoms with E-state index in [1.807, 2.05) is 18.7 Å². The van der Waals surface area contributed by atoms with Crippen LogP contribution in [0.4, 0.5) is 0 Å². The summed E-state index contributed by atoms with van der Waals surface area (Å²) in [4.78, 5) is 41.7. The number of amides is 3. The average Bonchev–Trinajstić information content (AvgIpc) is 2.64. The zero-order chi connectivity index (χ0) is 20.1. The van der Waals surface area contributed by atoms with Crippen LogP contribution in [0.2, 0.25) is 0 Å². The normalized spacial score (nSPS) is 35.2. The van der Waals surface area contributed by atoms with Gasteiger partial charge in [0, 0.05) is 38.5 Å². The van der Waals surface area contributed by atoms with E-state index in [4.69, 9.17) is 0 Å². The van der Waals surface area contributed by atoms with Crippen molar-refractivity contribution in [3.63, 3.8) is 0 Å². The van der Waals surface area contributed by atoms with E-state index >= 15 is 0 Å². The van der Waals surface area contributed by atoms with E-state index in [-0.39, 0.29) is 29.1 Å². The lowest BCUT2D eigenvalue weighted by Gasteiger charge is -2.56. The number of nitrogens with one attached hydrogen (secondary N) is 1. The molecule has 4 bridgehead atoms. The van der Waals surface area contributed by atoms with Gasteiger partial charge in [0.1, 0.15) is 6.04 Å². The highest BCUT2D eigenvalue weighted by molar-refractivity contribution is 5.90. The average molecular weight is 390 g/mol. The number of nitrogens with zero attached hydrogens (tertiary/aromatic N) is 2. The van der Waals surface area contributed by atoms with E-state index in [1.165, 1.54) is 19.3 Å². The number of carbonyl (C=O) groups is 3. The SMILES string of the molecule is CC(=O)N1CCN(C(=O)[C@H](NC(=O)C23CC4CC(CC(C4)C2)C3)C(C)C)CC1. The Morgan fingerprint density at radius 2 is 1.32 bits per heavy atom. The molecule has 156 valence electrons. The van der Waals surface area contributed by atoms with E-state index in [2.05, 4.69) is 5.32 Å². The Bertz CT molecular complexity index is 616. The predicted octanol–water partition coefficient (Wildman–Crippen LogP) is 2.03. The number of rotatable bonds is 4. The van der Waals surface area contributed by atoms with Crippen molar-refractivity contribution >= 4 is 17.7 Å². The van der Waals surface area contributed by atoms with Crippen LogP contribution in [0.1, 0.15) is 59.3 Å². The van der Waals surface area contributed by atoms with Gasteiger partial charge in [-0.2, -0.15) is 0 Å². The zero-order valence-corrected chi connectivity index (χ0v) is 17.6. The van der Waals surface area contributed by atoms with Gasteiger partial charge in [0.15, 0.2) is 0 Å². The third-order valence-corrected chi connectivity index (χ3v) is 7.78. The van der Waals surface area contributed by atoms with Crippen molar-refractivity contribution in [3.05, 3.63) is 0 Å². The Labute approximate surface area is 168 Å². The summed E-state index contributed by atoms with van der Waals surface area (Å²) in [6, 6.07) is -0.468. The Kier molecular flexibility index (Phi) is 5.17. The van der Waals surface area contributed by atoms with Crippen molar-refractivity contribution in [2.75, 3.05) is 26.2 Å². The summed E-state index contributed by atoms with van der Waals surface area (Å²) in [7, 11) is 0. The molecule has 1 saturated heterocycles. The molecule has 0 aromatic rings. The monoisotopic (exact) mass is 389 g/mol. The van der Waals surface area contributed by atoms with Gasteiger partial charge in [-0.3, -0.25) is 14.4 Å². The first-order valence-electron chi connectivity index (χ1n) is 11.1. The van der Waals surface area contributed by atoms with Crippen molar-refractivity contribution in [3.8, 4) is 0 Å². The molecule has 0 aromatic carbocycles. The quantitative estimate of drug-likeness (QED) is 0.800. The van der Waals surface area contributed by atoms with Crippen LogP contribution in [-0.4, -0.2) is 59.7 Å². The molecular weight excluding hydrogens is 354 g/mol. The maximum Gasteiger partial charge on any atom is 0.245 e. The molecule has 6 heteroatoms. The summed E-state index contributed by atoms with van der Waals surface area (Å²) >= 11 is 0. The highest BCUT2D eigenvalue weighted by atomic mass is 16.2. The molecule has 1 atom stereocenters. The van der Waals surface area contributed by atoms with Crippen LogP contribution < -0.4 is 5.32 Å². The molecule has 1 aliphatic heterocycles. The molecule has 5 fully saturated rings. The second kappa shape index (κ2) is 7.34.